The molecule has 0 radical (unpaired) electrons. The van der Waals surface area contributed by atoms with Crippen LogP contribution in [0.5, 0.6) is 0 Å². The number of aryl methyl sites for hydroxylation is 1. The molecule has 0 atom stereocenters. The molecule has 0 saturated carbocycles. The number of rotatable bonds is 4. The zero-order valence-corrected chi connectivity index (χ0v) is 16.1. The van der Waals surface area contributed by atoms with Crippen LogP contribution in [0.2, 0.25) is 0 Å². The summed E-state index contributed by atoms with van der Waals surface area (Å²) < 4.78 is 1.96. The summed E-state index contributed by atoms with van der Waals surface area (Å²) >= 11 is 0. The Bertz CT molecular complexity index is 1050. The lowest BCUT2D eigenvalue weighted by molar-refractivity contribution is 0.0944. The normalized spacial score (nSPS) is 14.8. The van der Waals surface area contributed by atoms with Gasteiger partial charge in [-0.25, -0.2) is 4.68 Å². The summed E-state index contributed by atoms with van der Waals surface area (Å²) in [5.41, 5.74) is 8.92. The van der Waals surface area contributed by atoms with Crippen molar-refractivity contribution in [3.05, 3.63) is 81.7 Å². The van der Waals surface area contributed by atoms with E-state index in [-0.39, 0.29) is 5.91 Å². The number of fused-ring (bicyclic) bond motifs is 2. The van der Waals surface area contributed by atoms with E-state index in [1.165, 1.54) is 22.4 Å². The number of carbonyl (C=O) groups excluding carboxylic acids is 1. The largest absolute Gasteiger partial charge is 0.347 e. The van der Waals surface area contributed by atoms with Crippen molar-refractivity contribution in [1.82, 2.24) is 20.4 Å². The van der Waals surface area contributed by atoms with E-state index in [1.807, 2.05) is 4.68 Å². The molecule has 142 valence electrons. The van der Waals surface area contributed by atoms with Crippen molar-refractivity contribution >= 4 is 5.91 Å². The minimum atomic E-state index is -0.0809. The number of benzene rings is 2. The summed E-state index contributed by atoms with van der Waals surface area (Å²) in [4.78, 5) is 12.9. The van der Waals surface area contributed by atoms with Gasteiger partial charge in [0.25, 0.3) is 5.91 Å². The number of nitrogens with zero attached hydrogens (tertiary/aromatic N) is 2. The Kier molecular flexibility index (Phi) is 4.24. The highest BCUT2D eigenvalue weighted by atomic mass is 16.1. The van der Waals surface area contributed by atoms with Gasteiger partial charge < -0.3 is 10.6 Å². The van der Waals surface area contributed by atoms with E-state index in [9.17, 15) is 4.79 Å². The second kappa shape index (κ2) is 6.91. The third-order valence-electron chi connectivity index (χ3n) is 5.78. The highest BCUT2D eigenvalue weighted by Crippen LogP contribution is 2.28. The fraction of sp³-hybridized carbons (Fsp3) is 0.304. The van der Waals surface area contributed by atoms with E-state index in [2.05, 4.69) is 60.0 Å². The van der Waals surface area contributed by atoms with E-state index in [1.54, 1.807) is 0 Å². The predicted octanol–water partition coefficient (Wildman–Crippen LogP) is 3.20. The van der Waals surface area contributed by atoms with Crippen molar-refractivity contribution in [1.29, 1.82) is 0 Å². The van der Waals surface area contributed by atoms with Crippen molar-refractivity contribution in [3.63, 3.8) is 0 Å². The molecule has 0 saturated heterocycles. The van der Waals surface area contributed by atoms with Gasteiger partial charge in [0.15, 0.2) is 5.69 Å². The van der Waals surface area contributed by atoms with Gasteiger partial charge in [-0.1, -0.05) is 35.9 Å². The first-order valence-corrected chi connectivity index (χ1v) is 9.96. The molecule has 1 aromatic heterocycles. The van der Waals surface area contributed by atoms with Crippen LogP contribution in [0.25, 0.3) is 5.69 Å². The van der Waals surface area contributed by atoms with Crippen LogP contribution in [-0.4, -0.2) is 15.7 Å². The lowest BCUT2D eigenvalue weighted by atomic mass is 10.1. The van der Waals surface area contributed by atoms with Crippen LogP contribution in [0.15, 0.2) is 42.5 Å². The van der Waals surface area contributed by atoms with Crippen molar-refractivity contribution in [2.24, 2.45) is 0 Å². The lowest BCUT2D eigenvalue weighted by Crippen LogP contribution is -2.24. The van der Waals surface area contributed by atoms with Gasteiger partial charge in [0.2, 0.25) is 0 Å². The molecule has 5 nitrogen and oxygen atoms in total. The Labute approximate surface area is 164 Å². The van der Waals surface area contributed by atoms with Crippen LogP contribution in [-0.2, 0) is 32.5 Å². The number of aromatic nitrogens is 2. The summed E-state index contributed by atoms with van der Waals surface area (Å²) in [6.07, 6.45) is 2.98. The van der Waals surface area contributed by atoms with E-state index >= 15 is 0 Å². The molecule has 1 aliphatic carbocycles. The molecule has 28 heavy (non-hydrogen) atoms. The standard InChI is InChI=1S/C23H24N4O/c1-15-5-9-19(10-6-15)27-21-4-2-3-20(21)22(26-27)23(28)25-12-16-7-8-17-13-24-14-18(17)11-16/h5-11,24H,2-4,12-14H2,1H3,(H,25,28). The fourth-order valence-corrected chi connectivity index (χ4v) is 4.24. The average molecular weight is 372 g/mol. The highest BCUT2D eigenvalue weighted by molar-refractivity contribution is 5.94. The Morgan fingerprint density at radius 3 is 2.79 bits per heavy atom. The lowest BCUT2D eigenvalue weighted by Gasteiger charge is -2.07. The summed E-state index contributed by atoms with van der Waals surface area (Å²) in [5.74, 6) is -0.0809. The molecule has 1 amide bonds. The van der Waals surface area contributed by atoms with E-state index in [0.717, 1.165) is 49.2 Å². The molecule has 0 bridgehead atoms. The van der Waals surface area contributed by atoms with Crippen LogP contribution in [0.1, 0.15) is 50.4 Å². The Hall–Kier alpha value is -2.92. The summed E-state index contributed by atoms with van der Waals surface area (Å²) in [6, 6.07) is 14.7. The second-order valence-corrected chi connectivity index (χ2v) is 7.76. The van der Waals surface area contributed by atoms with Crippen molar-refractivity contribution in [2.75, 3.05) is 0 Å². The van der Waals surface area contributed by atoms with Gasteiger partial charge in [0.1, 0.15) is 0 Å². The van der Waals surface area contributed by atoms with Crippen molar-refractivity contribution < 1.29 is 4.79 Å². The monoisotopic (exact) mass is 372 g/mol. The third-order valence-corrected chi connectivity index (χ3v) is 5.78. The quantitative estimate of drug-likeness (QED) is 0.739. The summed E-state index contributed by atoms with van der Waals surface area (Å²) in [6.45, 7) is 4.44. The molecule has 5 rings (SSSR count). The molecule has 2 heterocycles. The molecule has 2 aromatic carbocycles. The average Bonchev–Trinajstić information content (AvgIpc) is 3.42. The molecular weight excluding hydrogens is 348 g/mol. The smallest absolute Gasteiger partial charge is 0.272 e. The number of hydrogen-bond donors (Lipinski definition) is 2. The molecular formula is C23H24N4O. The van der Waals surface area contributed by atoms with Gasteiger partial charge >= 0.3 is 0 Å². The van der Waals surface area contributed by atoms with Crippen LogP contribution >= 0.6 is 0 Å². The first kappa shape index (κ1) is 17.2. The maximum absolute atomic E-state index is 12.9. The third kappa shape index (κ3) is 3.02. The molecule has 2 aliphatic rings. The Morgan fingerprint density at radius 1 is 1.11 bits per heavy atom. The minimum absolute atomic E-state index is 0.0809. The molecule has 0 fully saturated rings. The molecule has 3 aromatic rings. The van der Waals surface area contributed by atoms with E-state index in [4.69, 9.17) is 5.10 Å². The Morgan fingerprint density at radius 2 is 1.93 bits per heavy atom. The number of amides is 1. The van der Waals surface area contributed by atoms with E-state index < -0.39 is 0 Å². The molecule has 5 heteroatoms. The maximum Gasteiger partial charge on any atom is 0.272 e. The van der Waals surface area contributed by atoms with Gasteiger partial charge in [-0.15, -0.1) is 0 Å². The maximum atomic E-state index is 12.9. The van der Waals surface area contributed by atoms with Crippen LogP contribution in [0.3, 0.4) is 0 Å². The van der Waals surface area contributed by atoms with Crippen molar-refractivity contribution in [2.45, 2.75) is 45.8 Å². The Balaban J connectivity index is 1.38. The van der Waals surface area contributed by atoms with Gasteiger partial charge in [0, 0.05) is 30.9 Å². The summed E-state index contributed by atoms with van der Waals surface area (Å²) in [7, 11) is 0. The number of hydrogen-bond acceptors (Lipinski definition) is 3. The van der Waals surface area contributed by atoms with Crippen LogP contribution < -0.4 is 10.6 Å². The molecule has 0 spiro atoms. The predicted molar refractivity (Wildman–Crippen MR) is 108 cm³/mol. The zero-order valence-electron chi connectivity index (χ0n) is 16.1. The SMILES string of the molecule is Cc1ccc(-n2nc(C(=O)NCc3ccc4c(c3)CNC4)c3c2CCC3)cc1. The van der Waals surface area contributed by atoms with Gasteiger partial charge in [-0.3, -0.25) is 4.79 Å². The second-order valence-electron chi connectivity index (χ2n) is 7.76. The van der Waals surface area contributed by atoms with Gasteiger partial charge in [0.05, 0.1) is 5.69 Å². The van der Waals surface area contributed by atoms with E-state index in [0.29, 0.717) is 12.2 Å². The topological polar surface area (TPSA) is 59.0 Å². The fourth-order valence-electron chi connectivity index (χ4n) is 4.24. The number of nitrogens with one attached hydrogen (secondary N) is 2. The van der Waals surface area contributed by atoms with Crippen molar-refractivity contribution in [3.8, 4) is 5.69 Å². The van der Waals surface area contributed by atoms with Gasteiger partial charge in [-0.05, 0) is 55.0 Å². The van der Waals surface area contributed by atoms with Crippen LogP contribution in [0, 0.1) is 6.92 Å². The first-order chi connectivity index (χ1) is 13.7. The zero-order chi connectivity index (χ0) is 19.1. The molecule has 1 aliphatic heterocycles. The first-order valence-electron chi connectivity index (χ1n) is 9.96. The van der Waals surface area contributed by atoms with Gasteiger partial charge in [-0.2, -0.15) is 5.10 Å². The molecule has 0 unspecified atom stereocenters. The van der Waals surface area contributed by atoms with Crippen LogP contribution in [0.4, 0.5) is 0 Å². The number of carbonyl (C=O) groups is 1. The highest BCUT2D eigenvalue weighted by Gasteiger charge is 2.26. The minimum Gasteiger partial charge on any atom is -0.347 e. The summed E-state index contributed by atoms with van der Waals surface area (Å²) in [5, 5.41) is 11.1. The molecule has 2 N–H and O–H groups in total.